The van der Waals surface area contributed by atoms with Crippen LogP contribution in [0.1, 0.15) is 80.1 Å². The summed E-state index contributed by atoms with van der Waals surface area (Å²) >= 11 is 25.0. The summed E-state index contributed by atoms with van der Waals surface area (Å²) in [6.45, 7) is 9.66. The van der Waals surface area contributed by atoms with E-state index in [0.29, 0.717) is 68.4 Å². The largest absolute Gasteiger partial charge is 0.432 e. The number of nitrogens with one attached hydrogen (secondary N) is 6. The molecular formula is C83H95Cl4N27O12. The first-order valence-corrected chi connectivity index (χ1v) is 41.3. The third kappa shape index (κ3) is 25.9. The highest BCUT2D eigenvalue weighted by atomic mass is 35.5. The Labute approximate surface area is 742 Å². The number of rotatable bonds is 26. The number of nitrogens with two attached hydrogens (primary N) is 4. The lowest BCUT2D eigenvalue weighted by Crippen LogP contribution is -2.52. The first-order valence-electron chi connectivity index (χ1n) is 39.8. The molecule has 7 amide bonds. The molecule has 4 aromatic carbocycles. The van der Waals surface area contributed by atoms with E-state index in [-0.39, 0.29) is 121 Å². The normalized spacial score (nSPS) is 14.3. The van der Waals surface area contributed by atoms with Gasteiger partial charge >= 0.3 is 0 Å². The summed E-state index contributed by atoms with van der Waals surface area (Å²) in [5.41, 5.74) is 30.2. The summed E-state index contributed by atoms with van der Waals surface area (Å²) in [7, 11) is 10.1. The Balaban J connectivity index is 0.000000153. The van der Waals surface area contributed by atoms with Crippen molar-refractivity contribution in [2.75, 3.05) is 133 Å². The van der Waals surface area contributed by atoms with Crippen LogP contribution in [0.4, 0.5) is 41.1 Å². The lowest BCUT2D eigenvalue weighted by Gasteiger charge is -2.35. The van der Waals surface area contributed by atoms with E-state index in [4.69, 9.17) is 87.0 Å². The quantitative estimate of drug-likeness (QED) is 0.0227. The zero-order chi connectivity index (χ0) is 89.8. The zero-order valence-corrected chi connectivity index (χ0v) is 72.7. The van der Waals surface area contributed by atoms with E-state index in [2.05, 4.69) is 110 Å². The fraction of sp³-hybridized carbons (Fsp3) is 0.325. The monoisotopic (exact) mass is 1800 g/mol. The molecule has 662 valence electrons. The maximum Gasteiger partial charge on any atom is 0.292 e. The van der Waals surface area contributed by atoms with Crippen LogP contribution in [0.2, 0.25) is 20.1 Å². The van der Waals surface area contributed by atoms with Crippen LogP contribution in [-0.2, 0) is 51.8 Å². The van der Waals surface area contributed by atoms with Crippen molar-refractivity contribution in [3.63, 3.8) is 0 Å². The van der Waals surface area contributed by atoms with Gasteiger partial charge in [-0.15, -0.1) is 0 Å². The zero-order valence-electron chi connectivity index (χ0n) is 69.6. The fourth-order valence-electron chi connectivity index (χ4n) is 13.6. The number of anilines is 7. The molecule has 1 atom stereocenters. The number of nitrogens with zero attached hydrogens (tertiary/aromatic N) is 17. The molecular weight excluding hydrogens is 1710 g/mol. The van der Waals surface area contributed by atoms with Crippen LogP contribution in [0.15, 0.2) is 165 Å². The van der Waals surface area contributed by atoms with E-state index in [9.17, 15) is 38.4 Å². The Morgan fingerprint density at radius 3 is 1.26 bits per heavy atom. The van der Waals surface area contributed by atoms with Gasteiger partial charge in [0, 0.05) is 122 Å². The predicted octanol–water partition coefficient (Wildman–Crippen LogP) is 8.54. The number of ketones is 1. The van der Waals surface area contributed by atoms with Crippen molar-refractivity contribution in [1.82, 2.24) is 99.5 Å². The number of carbonyl (C=O) groups excluding carboxylic acids is 8. The Bertz CT molecular complexity index is 5810. The Hall–Kier alpha value is -13.3. The smallest absolute Gasteiger partial charge is 0.292 e. The van der Waals surface area contributed by atoms with Crippen LogP contribution in [-0.4, -0.2) is 243 Å². The van der Waals surface area contributed by atoms with Crippen LogP contribution in [0.25, 0.3) is 44.5 Å². The van der Waals surface area contributed by atoms with Gasteiger partial charge in [0.15, 0.2) is 22.9 Å². The number of likely N-dealkylation sites (N-methyl/N-ethyl adjacent to an activating group) is 1. The molecule has 8 aromatic heterocycles. The molecule has 3 aliphatic heterocycles. The number of aromatic nitrogens is 12. The number of oxazole rings is 4. The first-order chi connectivity index (χ1) is 60.4. The molecule has 126 heavy (non-hydrogen) atoms. The summed E-state index contributed by atoms with van der Waals surface area (Å²) in [6, 6.07) is 21.7. The highest BCUT2D eigenvalue weighted by Crippen LogP contribution is 2.34. The predicted molar refractivity (Wildman–Crippen MR) is 474 cm³/mol. The first kappa shape index (κ1) is 91.9. The molecule has 0 aliphatic carbocycles. The molecule has 3 saturated heterocycles. The molecule has 15 rings (SSSR count). The average Bonchev–Trinajstić information content (AvgIpc) is 1.53. The Morgan fingerprint density at radius 2 is 0.865 bits per heavy atom. The molecule has 0 spiro atoms. The number of likely N-dealkylation sites (tertiary alicyclic amines) is 2. The number of piperazine rings is 1. The van der Waals surface area contributed by atoms with Crippen molar-refractivity contribution < 1.29 is 56.0 Å². The number of Topliss-reactive ketones (excluding diaryl/α,β-unsaturated/α-hetero) is 1. The second kappa shape index (κ2) is 42.9. The van der Waals surface area contributed by atoms with E-state index >= 15 is 0 Å². The average molecular weight is 1800 g/mol. The van der Waals surface area contributed by atoms with Gasteiger partial charge in [-0.2, -0.15) is 40.3 Å². The number of piperidine rings is 2. The number of hydrogen-bond donors (Lipinski definition) is 10. The van der Waals surface area contributed by atoms with Gasteiger partial charge in [0.25, 0.3) is 41.8 Å². The van der Waals surface area contributed by atoms with E-state index in [1.807, 2.05) is 59.3 Å². The number of hydrogen-bond acceptors (Lipinski definition) is 28. The minimum atomic E-state index is -0.500. The minimum Gasteiger partial charge on any atom is -0.432 e. The molecule has 3 fully saturated rings. The summed E-state index contributed by atoms with van der Waals surface area (Å²) in [5, 5.41) is 36.1. The van der Waals surface area contributed by atoms with E-state index in [1.165, 1.54) is 18.8 Å². The summed E-state index contributed by atoms with van der Waals surface area (Å²) in [4.78, 5) is 125. The third-order valence-electron chi connectivity index (χ3n) is 20.4. The van der Waals surface area contributed by atoms with Crippen LogP contribution < -0.4 is 54.8 Å². The van der Waals surface area contributed by atoms with E-state index < -0.39 is 17.7 Å². The molecule has 0 bridgehead atoms. The summed E-state index contributed by atoms with van der Waals surface area (Å²) in [6.07, 6.45) is 22.5. The van der Waals surface area contributed by atoms with Crippen molar-refractivity contribution in [2.24, 2.45) is 0 Å². The molecule has 43 heteroatoms. The molecule has 1 unspecified atom stereocenters. The molecule has 11 heterocycles. The van der Waals surface area contributed by atoms with E-state index in [0.717, 1.165) is 116 Å². The van der Waals surface area contributed by atoms with Crippen LogP contribution in [0.3, 0.4) is 0 Å². The van der Waals surface area contributed by atoms with Crippen molar-refractivity contribution >= 4 is 135 Å². The molecule has 12 aromatic rings. The Morgan fingerprint density at radius 1 is 0.476 bits per heavy atom. The van der Waals surface area contributed by atoms with Gasteiger partial charge in [0.05, 0.1) is 56.9 Å². The number of halogens is 4. The second-order valence-corrected chi connectivity index (χ2v) is 32.0. The van der Waals surface area contributed by atoms with Gasteiger partial charge in [-0.05, 0) is 157 Å². The summed E-state index contributed by atoms with van der Waals surface area (Å²) < 4.78 is 25.9. The summed E-state index contributed by atoms with van der Waals surface area (Å²) in [5.74, 6) is -1.83. The SMILES string of the molecule is CC1CN(C(=O)Cn2cc(-c3ccc(Cl)c(CC(=O)c4coc(N)n4)c3)cn2)CCN1.CN(C)C1CCN(C(=O)Cn2cc(-c3ccc(Cl)c(NC(=O)c4coc(N)n4)c3)cn2)CC1.CN(C)CCNC(=O)Cn1cc(-c2ccc(Cl)c(NC(=O)c3coc(N)n3)c2)cn1.CN1CCC(NC(=O)Cn2cc(-c3ccc(Cl)c(NC(=O)c4coc(N)n4)c3)cn2)CC1. The lowest BCUT2D eigenvalue weighted by molar-refractivity contribution is -0.134. The number of nitrogen functional groups attached to an aromatic ring is 4. The van der Waals surface area contributed by atoms with Gasteiger partial charge in [-0.3, -0.25) is 57.1 Å². The topological polar surface area (TPSA) is 504 Å². The van der Waals surface area contributed by atoms with E-state index in [1.54, 1.807) is 111 Å². The highest BCUT2D eigenvalue weighted by molar-refractivity contribution is 6.35. The molecule has 0 saturated carbocycles. The van der Waals surface area contributed by atoms with Gasteiger partial charge < -0.3 is 97.0 Å². The number of benzene rings is 4. The second-order valence-electron chi connectivity index (χ2n) is 30.4. The maximum absolute atomic E-state index is 12.7. The van der Waals surface area contributed by atoms with Crippen LogP contribution in [0.5, 0.6) is 0 Å². The lowest BCUT2D eigenvalue weighted by atomic mass is 10.0. The highest BCUT2D eigenvalue weighted by Gasteiger charge is 2.27. The standard InChI is InChI=1S/C22H26ClN7O3.C21H24ClN7O3.C21H23ClN6O3.C19H22ClN7O3/c1-28(2)16-5-7-29(8-6-16)20(31)12-30-11-15(10-25-30)14-3-4-17(23)18(9-14)26-21(32)19-13-33-22(24)27-19;1-28-6-4-15(5-7-28)25-19(30)11-29-10-14(9-24-29)13-2-3-16(22)17(8-13)26-20(31)18-12-32-21(23)27-18;1-13-9-27(5-4-24-13)20(30)11-28-10-16(8-25-28)14-2-3-17(22)15(6-14)7-19(29)18-12-31-21(23)26-18;1-26(2)6-5-22-17(28)10-27-9-13(8-23-27)12-3-4-14(20)15(7-12)24-18(29)16-11-30-19(21)25-16/h3-4,9-11,13,16H,5-8,12H2,1-2H3,(H2,24,27)(H,26,32);2-3,8-10,12,15H,4-7,11H2,1H3,(H2,23,27)(H,25,30)(H,26,31);2-3,6,8,10,12-13,24H,4-5,7,9,11H2,1H3,(H2,23,26);3-4,7-9,11H,5-6,10H2,1-2H3,(H2,21,25)(H,22,28)(H,24,29). The van der Waals surface area contributed by atoms with Crippen molar-refractivity contribution in [1.29, 1.82) is 0 Å². The van der Waals surface area contributed by atoms with Gasteiger partial charge in [-0.25, -0.2) is 0 Å². The molecule has 39 nitrogen and oxygen atoms in total. The Kier molecular flexibility index (Phi) is 31.3. The molecule has 14 N–H and O–H groups in total. The minimum absolute atomic E-state index is 0.0391. The van der Waals surface area contributed by atoms with Crippen molar-refractivity contribution in [3.05, 3.63) is 196 Å². The molecule has 3 aliphatic rings. The number of amides is 7. The van der Waals surface area contributed by atoms with Crippen LogP contribution in [0, 0.1) is 0 Å². The van der Waals surface area contributed by atoms with Crippen molar-refractivity contribution in [2.45, 2.75) is 83.3 Å². The molecule has 0 radical (unpaired) electrons. The van der Waals surface area contributed by atoms with Crippen LogP contribution >= 0.6 is 46.4 Å². The van der Waals surface area contributed by atoms with Gasteiger partial charge in [0.1, 0.15) is 56.9 Å². The third-order valence-corrected chi connectivity index (χ3v) is 21.8. The van der Waals surface area contributed by atoms with Crippen molar-refractivity contribution in [3.8, 4) is 44.5 Å². The maximum atomic E-state index is 12.7. The van der Waals surface area contributed by atoms with Gasteiger partial charge in [0.2, 0.25) is 23.6 Å². The van der Waals surface area contributed by atoms with Gasteiger partial charge in [-0.1, -0.05) is 70.7 Å². The fourth-order valence-corrected chi connectivity index (χ4v) is 14.2. The number of carbonyl (C=O) groups is 8.